The van der Waals surface area contributed by atoms with Crippen molar-refractivity contribution in [2.24, 2.45) is 0 Å². The van der Waals surface area contributed by atoms with Gasteiger partial charge in [0, 0.05) is 6.54 Å². The molecule has 1 atom stereocenters. The molecular weight excluding hydrogens is 344 g/mol. The summed E-state index contributed by atoms with van der Waals surface area (Å²) in [6, 6.07) is 6.86. The van der Waals surface area contributed by atoms with Crippen LogP contribution in [0.1, 0.15) is 76.1 Å². The molecule has 1 aromatic carbocycles. The summed E-state index contributed by atoms with van der Waals surface area (Å²) in [5.41, 5.74) is 5.77. The van der Waals surface area contributed by atoms with Crippen molar-refractivity contribution in [2.75, 3.05) is 13.2 Å². The lowest BCUT2D eigenvalue weighted by atomic mass is 10.1. The second-order valence-electron chi connectivity index (χ2n) is 6.54. The Kier molecular flexibility index (Phi) is 11.9. The zero-order valence-corrected chi connectivity index (χ0v) is 16.9. The van der Waals surface area contributed by atoms with E-state index in [1.54, 1.807) is 24.3 Å². The van der Waals surface area contributed by atoms with Crippen LogP contribution in [0.5, 0.6) is 5.75 Å². The number of rotatable bonds is 14. The molecular formula is C21H34N2O4. The van der Waals surface area contributed by atoms with E-state index < -0.39 is 5.97 Å². The standard InChI is InChI=1S/C21H34N2O4/c1-4-7-9-12-17(6-3)27-21(25)18-13-10-11-14-19(18)26-16-20(24)23-22-15-8-5-2/h10-11,13-14,17,22H,4-9,12,15-16H2,1-3H3,(H,23,24). The third-order valence-corrected chi connectivity index (χ3v) is 4.21. The molecule has 2 N–H and O–H groups in total. The summed E-state index contributed by atoms with van der Waals surface area (Å²) in [5, 5.41) is 0. The number of benzene rings is 1. The number of hydrazine groups is 1. The minimum atomic E-state index is -0.407. The van der Waals surface area contributed by atoms with Gasteiger partial charge in [-0.1, -0.05) is 52.2 Å². The van der Waals surface area contributed by atoms with E-state index in [1.165, 1.54) is 0 Å². The minimum Gasteiger partial charge on any atom is -0.483 e. The minimum absolute atomic E-state index is 0.0943. The third kappa shape index (κ3) is 9.43. The van der Waals surface area contributed by atoms with Crippen LogP contribution in [0.2, 0.25) is 0 Å². The highest BCUT2D eigenvalue weighted by Gasteiger charge is 2.18. The molecule has 1 amide bonds. The van der Waals surface area contributed by atoms with Crippen molar-refractivity contribution in [3.63, 3.8) is 0 Å². The Bertz CT molecular complexity index is 563. The molecule has 0 aliphatic heterocycles. The Morgan fingerprint density at radius 2 is 1.78 bits per heavy atom. The fourth-order valence-corrected chi connectivity index (χ4v) is 2.55. The molecule has 0 saturated heterocycles. The second-order valence-corrected chi connectivity index (χ2v) is 6.54. The molecule has 1 unspecified atom stereocenters. The maximum atomic E-state index is 12.5. The number of carbonyl (C=O) groups is 2. The number of ether oxygens (including phenoxy) is 2. The molecule has 152 valence electrons. The third-order valence-electron chi connectivity index (χ3n) is 4.21. The largest absolute Gasteiger partial charge is 0.483 e. The fraction of sp³-hybridized carbons (Fsp3) is 0.619. The Morgan fingerprint density at radius 3 is 2.48 bits per heavy atom. The van der Waals surface area contributed by atoms with Gasteiger partial charge in [0.2, 0.25) is 0 Å². The molecule has 0 heterocycles. The predicted octanol–water partition coefficient (Wildman–Crippen LogP) is 4.00. The molecule has 0 aliphatic carbocycles. The molecule has 0 bridgehead atoms. The zero-order chi connectivity index (χ0) is 19.9. The van der Waals surface area contributed by atoms with Crippen LogP contribution in [0, 0.1) is 0 Å². The van der Waals surface area contributed by atoms with Gasteiger partial charge in [0.25, 0.3) is 5.91 Å². The highest BCUT2D eigenvalue weighted by molar-refractivity contribution is 5.92. The van der Waals surface area contributed by atoms with E-state index in [-0.39, 0.29) is 18.6 Å². The van der Waals surface area contributed by atoms with E-state index in [2.05, 4.69) is 24.7 Å². The van der Waals surface area contributed by atoms with Crippen molar-refractivity contribution in [3.8, 4) is 5.75 Å². The van der Waals surface area contributed by atoms with Crippen molar-refractivity contribution in [1.29, 1.82) is 0 Å². The first-order valence-corrected chi connectivity index (χ1v) is 10.1. The van der Waals surface area contributed by atoms with Crippen molar-refractivity contribution >= 4 is 11.9 Å². The van der Waals surface area contributed by atoms with Crippen molar-refractivity contribution in [2.45, 2.75) is 71.8 Å². The molecule has 0 radical (unpaired) electrons. The fourth-order valence-electron chi connectivity index (χ4n) is 2.55. The Labute approximate surface area is 163 Å². The van der Waals surface area contributed by atoms with Crippen molar-refractivity contribution in [1.82, 2.24) is 10.9 Å². The van der Waals surface area contributed by atoms with E-state index in [0.29, 0.717) is 17.9 Å². The lowest BCUT2D eigenvalue weighted by molar-refractivity contribution is -0.124. The van der Waals surface area contributed by atoms with Crippen LogP contribution in [0.25, 0.3) is 0 Å². The molecule has 0 aliphatic rings. The van der Waals surface area contributed by atoms with Gasteiger partial charge in [-0.3, -0.25) is 10.2 Å². The number of unbranched alkanes of at least 4 members (excludes halogenated alkanes) is 3. The van der Waals surface area contributed by atoms with Gasteiger partial charge in [-0.25, -0.2) is 10.2 Å². The topological polar surface area (TPSA) is 76.7 Å². The normalized spacial score (nSPS) is 11.7. The molecule has 1 rings (SSSR count). The van der Waals surface area contributed by atoms with Gasteiger partial charge >= 0.3 is 5.97 Å². The van der Waals surface area contributed by atoms with Gasteiger partial charge < -0.3 is 9.47 Å². The average molecular weight is 379 g/mol. The molecule has 0 fully saturated rings. The Balaban J connectivity index is 2.56. The quantitative estimate of drug-likeness (QED) is 0.291. The summed E-state index contributed by atoms with van der Waals surface area (Å²) < 4.78 is 11.2. The van der Waals surface area contributed by atoms with E-state index in [0.717, 1.165) is 44.9 Å². The van der Waals surface area contributed by atoms with Crippen LogP contribution in [0.4, 0.5) is 0 Å². The first-order valence-electron chi connectivity index (χ1n) is 10.1. The number of amides is 1. The van der Waals surface area contributed by atoms with Crippen LogP contribution in [0.15, 0.2) is 24.3 Å². The number of para-hydroxylation sites is 1. The van der Waals surface area contributed by atoms with Gasteiger partial charge in [0.1, 0.15) is 17.4 Å². The smallest absolute Gasteiger partial charge is 0.342 e. The molecule has 0 spiro atoms. The second kappa shape index (κ2) is 14.0. The lowest BCUT2D eigenvalue weighted by Gasteiger charge is -2.17. The van der Waals surface area contributed by atoms with Gasteiger partial charge in [-0.2, -0.15) is 0 Å². The molecule has 1 aromatic rings. The predicted molar refractivity (Wildman–Crippen MR) is 107 cm³/mol. The molecule has 6 nitrogen and oxygen atoms in total. The maximum absolute atomic E-state index is 12.5. The monoisotopic (exact) mass is 378 g/mol. The number of hydrogen-bond donors (Lipinski definition) is 2. The molecule has 0 saturated carbocycles. The first-order chi connectivity index (χ1) is 13.1. The molecule has 0 aromatic heterocycles. The summed E-state index contributed by atoms with van der Waals surface area (Å²) >= 11 is 0. The Morgan fingerprint density at radius 1 is 1.04 bits per heavy atom. The van der Waals surface area contributed by atoms with Gasteiger partial charge in [0.05, 0.1) is 0 Å². The number of hydrogen-bond acceptors (Lipinski definition) is 5. The number of nitrogens with one attached hydrogen (secondary N) is 2. The summed E-state index contributed by atoms with van der Waals surface area (Å²) in [6.07, 6.45) is 6.90. The maximum Gasteiger partial charge on any atom is 0.342 e. The summed E-state index contributed by atoms with van der Waals surface area (Å²) in [5.74, 6) is -0.342. The highest BCUT2D eigenvalue weighted by Crippen LogP contribution is 2.21. The zero-order valence-electron chi connectivity index (χ0n) is 16.9. The summed E-state index contributed by atoms with van der Waals surface area (Å²) in [7, 11) is 0. The summed E-state index contributed by atoms with van der Waals surface area (Å²) in [4.78, 5) is 24.4. The molecule has 6 heteroatoms. The average Bonchev–Trinajstić information content (AvgIpc) is 2.69. The van der Waals surface area contributed by atoms with E-state index >= 15 is 0 Å². The first kappa shape index (κ1) is 23.0. The van der Waals surface area contributed by atoms with E-state index in [1.807, 2.05) is 6.92 Å². The van der Waals surface area contributed by atoms with Crippen LogP contribution in [0.3, 0.4) is 0 Å². The van der Waals surface area contributed by atoms with E-state index in [4.69, 9.17) is 9.47 Å². The van der Waals surface area contributed by atoms with Crippen LogP contribution < -0.4 is 15.6 Å². The van der Waals surface area contributed by atoms with Crippen molar-refractivity contribution in [3.05, 3.63) is 29.8 Å². The highest BCUT2D eigenvalue weighted by atomic mass is 16.5. The van der Waals surface area contributed by atoms with Crippen LogP contribution in [-0.2, 0) is 9.53 Å². The number of esters is 1. The van der Waals surface area contributed by atoms with Crippen LogP contribution >= 0.6 is 0 Å². The SMILES string of the molecule is CCCCCC(CC)OC(=O)c1ccccc1OCC(=O)NNCCCC. The van der Waals surface area contributed by atoms with Gasteiger partial charge in [0.15, 0.2) is 6.61 Å². The molecule has 27 heavy (non-hydrogen) atoms. The Hall–Kier alpha value is -2.08. The van der Waals surface area contributed by atoms with Crippen molar-refractivity contribution < 1.29 is 19.1 Å². The number of carbonyl (C=O) groups excluding carboxylic acids is 2. The van der Waals surface area contributed by atoms with Crippen LogP contribution in [-0.4, -0.2) is 31.1 Å². The van der Waals surface area contributed by atoms with E-state index in [9.17, 15) is 9.59 Å². The lowest BCUT2D eigenvalue weighted by Crippen LogP contribution is -2.40. The van der Waals surface area contributed by atoms with Gasteiger partial charge in [-0.15, -0.1) is 0 Å². The summed E-state index contributed by atoms with van der Waals surface area (Å²) in [6.45, 7) is 6.78. The van der Waals surface area contributed by atoms with Gasteiger partial charge in [-0.05, 0) is 37.8 Å².